The quantitative estimate of drug-likeness (QED) is 0.0811. The highest BCUT2D eigenvalue weighted by Crippen LogP contribution is 2.28. The predicted molar refractivity (Wildman–Crippen MR) is 234 cm³/mol. The first kappa shape index (κ1) is 43.3. The Morgan fingerprint density at radius 1 is 0.544 bits per heavy atom. The number of ether oxygens (including phenoxy) is 2. The van der Waals surface area contributed by atoms with Crippen LogP contribution in [0.5, 0.6) is 23.0 Å². The molecule has 0 aliphatic carbocycles. The number of sulfonamides is 2. The number of carbonyl (C=O) groups excluding carboxylic acids is 2. The number of anilines is 2. The number of aryl methyl sites for hydroxylation is 2. The van der Waals surface area contributed by atoms with Crippen molar-refractivity contribution in [1.29, 1.82) is 0 Å². The normalized spacial score (nSPS) is 11.2. The van der Waals surface area contributed by atoms with E-state index in [-0.39, 0.29) is 26.7 Å². The highest BCUT2D eigenvalue weighted by Gasteiger charge is 2.18. The van der Waals surface area contributed by atoms with Gasteiger partial charge in [0.25, 0.3) is 20.0 Å². The molecular formula is C42H35Br3N2O8S2. The third kappa shape index (κ3) is 12.1. The van der Waals surface area contributed by atoms with Gasteiger partial charge in [-0.1, -0.05) is 84.2 Å². The van der Waals surface area contributed by atoms with Crippen LogP contribution in [0.3, 0.4) is 0 Å². The van der Waals surface area contributed by atoms with Crippen LogP contribution in [0.1, 0.15) is 31.8 Å². The topological polar surface area (TPSA) is 145 Å². The minimum atomic E-state index is -3.77. The van der Waals surface area contributed by atoms with Crippen LogP contribution in [0, 0.1) is 13.8 Å². The maximum absolute atomic E-state index is 12.6. The van der Waals surface area contributed by atoms with E-state index in [0.29, 0.717) is 45.5 Å². The molecule has 2 N–H and O–H groups in total. The van der Waals surface area contributed by atoms with Gasteiger partial charge in [0.15, 0.2) is 11.6 Å². The van der Waals surface area contributed by atoms with Crippen molar-refractivity contribution in [2.75, 3.05) is 14.8 Å². The van der Waals surface area contributed by atoms with Crippen molar-refractivity contribution in [3.63, 3.8) is 0 Å². The van der Waals surface area contributed by atoms with E-state index in [1.54, 1.807) is 72.8 Å². The van der Waals surface area contributed by atoms with Crippen molar-refractivity contribution in [3.05, 3.63) is 168 Å². The van der Waals surface area contributed by atoms with Crippen LogP contribution in [0.4, 0.5) is 11.4 Å². The number of nitrogens with one attached hydrogen (secondary N) is 2. The average Bonchev–Trinajstić information content (AvgIpc) is 3.20. The lowest BCUT2D eigenvalue weighted by Crippen LogP contribution is -2.13. The summed E-state index contributed by atoms with van der Waals surface area (Å²) in [5.74, 6) is 2.30. The van der Waals surface area contributed by atoms with Gasteiger partial charge in [-0.05, 0) is 134 Å². The minimum absolute atomic E-state index is 0.0707. The van der Waals surface area contributed by atoms with E-state index in [0.717, 1.165) is 11.1 Å². The summed E-state index contributed by atoms with van der Waals surface area (Å²) in [5.41, 5.74) is 3.69. The molecule has 0 amide bonds. The third-order valence-corrected chi connectivity index (χ3v) is 12.2. The number of rotatable bonds is 14. The van der Waals surface area contributed by atoms with Crippen LogP contribution >= 0.6 is 47.8 Å². The molecule has 0 spiro atoms. The van der Waals surface area contributed by atoms with Crippen LogP contribution in [-0.2, 0) is 20.0 Å². The summed E-state index contributed by atoms with van der Waals surface area (Å²) in [6.07, 6.45) is 0. The van der Waals surface area contributed by atoms with E-state index in [1.807, 2.05) is 62.4 Å². The number of benzene rings is 6. The molecule has 294 valence electrons. The van der Waals surface area contributed by atoms with Crippen molar-refractivity contribution < 1.29 is 35.9 Å². The van der Waals surface area contributed by atoms with Crippen LogP contribution in [0.2, 0.25) is 0 Å². The summed E-state index contributed by atoms with van der Waals surface area (Å²) < 4.78 is 66.5. The minimum Gasteiger partial charge on any atom is -0.457 e. The monoisotopic (exact) mass is 996 g/mol. The van der Waals surface area contributed by atoms with E-state index in [9.17, 15) is 26.4 Å². The van der Waals surface area contributed by atoms with Crippen molar-refractivity contribution in [3.8, 4) is 23.0 Å². The van der Waals surface area contributed by atoms with Crippen molar-refractivity contribution >= 4 is 90.8 Å². The lowest BCUT2D eigenvalue weighted by molar-refractivity contribution is 0.101. The zero-order valence-electron chi connectivity index (χ0n) is 30.4. The smallest absolute Gasteiger partial charge is 0.261 e. The molecule has 0 aliphatic rings. The Labute approximate surface area is 357 Å². The van der Waals surface area contributed by atoms with Crippen LogP contribution in [-0.4, -0.2) is 37.5 Å². The number of ketones is 2. The number of halogens is 3. The van der Waals surface area contributed by atoms with Crippen LogP contribution in [0.25, 0.3) is 0 Å². The van der Waals surface area contributed by atoms with Gasteiger partial charge in [0, 0.05) is 22.5 Å². The Morgan fingerprint density at radius 2 is 0.912 bits per heavy atom. The first-order chi connectivity index (χ1) is 27.1. The molecule has 6 aromatic rings. The molecule has 0 saturated heterocycles. The molecule has 0 fully saturated rings. The summed E-state index contributed by atoms with van der Waals surface area (Å²) in [5, 5.41) is 0.217. The fourth-order valence-corrected chi connectivity index (χ4v) is 8.00. The summed E-state index contributed by atoms with van der Waals surface area (Å²) in [4.78, 5) is 23.7. The van der Waals surface area contributed by atoms with Crippen molar-refractivity contribution in [2.24, 2.45) is 0 Å². The van der Waals surface area contributed by atoms with E-state index >= 15 is 0 Å². The second-order valence-electron chi connectivity index (χ2n) is 12.3. The SMILES string of the molecule is Cc1ccccc1Oc1ccc(S(=O)(=O)Nc2ccc(C(=O)C(Br)Br)cc2)cc1.Cc1ccccc1Oc1ccc(S(=O)(=O)Nc2ccc(C(=O)CBr)cc2)cc1. The average molecular weight is 1000 g/mol. The highest BCUT2D eigenvalue weighted by atomic mass is 79.9. The number of hydrogen-bond acceptors (Lipinski definition) is 8. The third-order valence-electron chi connectivity index (χ3n) is 8.11. The standard InChI is InChI=1S/C21H17Br2NO4S.C21H18BrNO4S/c1-14-4-2-3-5-19(14)28-17-10-12-18(13-11-17)29(26,27)24-16-8-6-15(7-9-16)20(25)21(22)23;1-15-4-2-3-5-21(15)27-18-10-12-19(13-11-18)28(25,26)23-17-8-6-16(7-9-17)20(24)14-22/h2-13,21,24H,1H3;2-13,23H,14H2,1H3. The summed E-state index contributed by atoms with van der Waals surface area (Å²) in [7, 11) is -7.52. The Balaban J connectivity index is 0.000000218. The van der Waals surface area contributed by atoms with Gasteiger partial charge in [0.05, 0.1) is 15.1 Å². The fraction of sp³-hybridized carbons (Fsp3) is 0.0952. The van der Waals surface area contributed by atoms with Gasteiger partial charge >= 0.3 is 0 Å². The molecule has 0 aromatic heterocycles. The number of carbonyl (C=O) groups is 2. The van der Waals surface area contributed by atoms with Gasteiger partial charge in [-0.2, -0.15) is 0 Å². The van der Waals surface area contributed by atoms with Crippen molar-refractivity contribution in [1.82, 2.24) is 0 Å². The number of alkyl halides is 3. The van der Waals surface area contributed by atoms with Gasteiger partial charge in [0.2, 0.25) is 0 Å². The molecule has 15 heteroatoms. The van der Waals surface area contributed by atoms with Crippen LogP contribution < -0.4 is 18.9 Å². The number of hydrogen-bond donors (Lipinski definition) is 2. The Hall–Kier alpha value is -4.80. The number of para-hydroxylation sites is 2. The predicted octanol–water partition coefficient (Wildman–Crippen LogP) is 11.1. The molecule has 0 radical (unpaired) electrons. The maximum atomic E-state index is 12.6. The molecule has 0 saturated carbocycles. The molecule has 10 nitrogen and oxygen atoms in total. The van der Waals surface area contributed by atoms with Gasteiger partial charge in [-0.3, -0.25) is 19.0 Å². The zero-order valence-corrected chi connectivity index (χ0v) is 36.7. The number of Topliss-reactive ketones (excluding diaryl/α,β-unsaturated/α-hetero) is 2. The molecule has 0 bridgehead atoms. The molecule has 57 heavy (non-hydrogen) atoms. The maximum Gasteiger partial charge on any atom is 0.261 e. The lowest BCUT2D eigenvalue weighted by Gasteiger charge is -2.11. The van der Waals surface area contributed by atoms with Gasteiger partial charge in [-0.25, -0.2) is 16.8 Å². The molecule has 0 aliphatic heterocycles. The van der Waals surface area contributed by atoms with E-state index in [4.69, 9.17) is 9.47 Å². The van der Waals surface area contributed by atoms with E-state index < -0.39 is 23.8 Å². The Kier molecular flexibility index (Phi) is 14.9. The molecule has 6 aromatic carbocycles. The first-order valence-corrected chi connectivity index (χ1v) is 22.9. The molecule has 0 heterocycles. The highest BCUT2D eigenvalue weighted by molar-refractivity contribution is 9.25. The van der Waals surface area contributed by atoms with Gasteiger partial charge in [0.1, 0.15) is 26.7 Å². The Morgan fingerprint density at radius 3 is 1.26 bits per heavy atom. The van der Waals surface area contributed by atoms with Crippen molar-refractivity contribution in [2.45, 2.75) is 27.4 Å². The largest absolute Gasteiger partial charge is 0.457 e. The zero-order chi connectivity index (χ0) is 41.2. The first-order valence-electron chi connectivity index (χ1n) is 17.0. The van der Waals surface area contributed by atoms with Crippen LogP contribution in [0.15, 0.2) is 155 Å². The second-order valence-corrected chi connectivity index (χ2v) is 19.3. The van der Waals surface area contributed by atoms with E-state index in [2.05, 4.69) is 57.2 Å². The molecular weight excluding hydrogens is 964 g/mol. The summed E-state index contributed by atoms with van der Waals surface area (Å²) in [6.45, 7) is 3.88. The second kappa shape index (κ2) is 19.6. The molecule has 6 rings (SSSR count). The molecule has 0 unspecified atom stereocenters. The summed E-state index contributed by atoms with van der Waals surface area (Å²) >= 11 is 9.41. The summed E-state index contributed by atoms with van der Waals surface area (Å²) in [6, 6.07) is 40.0. The lowest BCUT2D eigenvalue weighted by atomic mass is 10.1. The van der Waals surface area contributed by atoms with Gasteiger partial charge in [-0.15, -0.1) is 0 Å². The van der Waals surface area contributed by atoms with Gasteiger partial charge < -0.3 is 9.47 Å². The Bertz CT molecular complexity index is 2550. The molecule has 0 atom stereocenters. The fourth-order valence-electron chi connectivity index (χ4n) is 5.03. The van der Waals surface area contributed by atoms with E-state index in [1.165, 1.54) is 24.3 Å².